The molecule has 10 rings (SSSR count). The minimum absolute atomic E-state index is 0.558. The van der Waals surface area contributed by atoms with Crippen molar-refractivity contribution in [2.75, 3.05) is 10.6 Å². The van der Waals surface area contributed by atoms with Gasteiger partial charge < -0.3 is 24.2 Å². The molecule has 0 fully saturated rings. The van der Waals surface area contributed by atoms with Crippen LogP contribution in [0.1, 0.15) is 11.3 Å². The summed E-state index contributed by atoms with van der Waals surface area (Å²) in [6, 6.07) is 25.5. The van der Waals surface area contributed by atoms with Crippen molar-refractivity contribution in [2.24, 2.45) is 14.1 Å². The zero-order valence-corrected chi connectivity index (χ0v) is 30.3. The molecule has 0 atom stereocenters. The highest BCUT2D eigenvalue weighted by molar-refractivity contribution is 7.03. The number of nitrogens with zero attached hydrogens (tertiary/aromatic N) is 8. The average molecular weight is 727 g/mol. The van der Waals surface area contributed by atoms with E-state index in [1.165, 1.54) is 45.3 Å². The Labute approximate surface area is 314 Å². The lowest BCUT2D eigenvalue weighted by molar-refractivity contribution is 0.512. The van der Waals surface area contributed by atoms with E-state index >= 15 is 0 Å². The van der Waals surface area contributed by atoms with E-state index in [4.69, 9.17) is 4.42 Å². The molecule has 10 aromatic rings. The highest BCUT2D eigenvalue weighted by Crippen LogP contribution is 2.34. The summed E-state index contributed by atoms with van der Waals surface area (Å²) in [5.74, 6) is 0.779. The lowest BCUT2D eigenvalue weighted by Crippen LogP contribution is -1.99. The van der Waals surface area contributed by atoms with Crippen molar-refractivity contribution in [3.05, 3.63) is 145 Å². The first kappa shape index (κ1) is 33.0. The highest BCUT2D eigenvalue weighted by Gasteiger charge is 2.12. The number of aromatic nitrogens is 8. The van der Waals surface area contributed by atoms with Crippen molar-refractivity contribution in [1.29, 1.82) is 0 Å². The first-order valence-electron chi connectivity index (χ1n) is 17.4. The van der Waals surface area contributed by atoms with Crippen LogP contribution in [0.4, 0.5) is 11.4 Å². The van der Waals surface area contributed by atoms with Crippen molar-refractivity contribution >= 4 is 66.8 Å². The van der Waals surface area contributed by atoms with Crippen LogP contribution in [0.3, 0.4) is 0 Å². The fraction of sp³-hybridized carbons (Fsp3) is 0.0952. The van der Waals surface area contributed by atoms with Crippen LogP contribution in [-0.2, 0) is 27.2 Å². The van der Waals surface area contributed by atoms with Gasteiger partial charge in [-0.1, -0.05) is 24.3 Å². The Balaban J connectivity index is 0.000000142. The molecule has 4 aromatic carbocycles. The molecule has 0 aliphatic rings. The van der Waals surface area contributed by atoms with E-state index < -0.39 is 0 Å². The van der Waals surface area contributed by atoms with E-state index in [-0.39, 0.29) is 0 Å². The predicted octanol–water partition coefficient (Wildman–Crippen LogP) is 9.25. The standard InChI is InChI=1S/C21H17N5O.C21H17N5S/c1-26-7-4-14-2-3-15(8-20(14)26)18-9-16(25-12-17-11-22-13-27-17)10-19-21(18)24-6-5-23-19;1-26-7-4-15-2-3-16(8-20(15)26)18-9-17(24-11-14-12-25-27-13-14)10-19-21(18)23-6-5-22-19/h2-11,13,25H,12H2,1H3;2-10,12-13,24H,11H2,1H3. The monoisotopic (exact) mass is 726 g/mol. The summed E-state index contributed by atoms with van der Waals surface area (Å²) in [5, 5.41) is 11.4. The maximum absolute atomic E-state index is 5.31. The topological polar surface area (TPSA) is 124 Å². The number of benzene rings is 4. The van der Waals surface area contributed by atoms with Gasteiger partial charge in [-0.2, -0.15) is 0 Å². The molecule has 0 saturated carbocycles. The molecule has 0 unspecified atom stereocenters. The molecule has 0 bridgehead atoms. The molecule has 264 valence electrons. The molecule has 0 saturated heterocycles. The van der Waals surface area contributed by atoms with Crippen LogP contribution in [-0.4, -0.2) is 38.4 Å². The fourth-order valence-electron chi connectivity index (χ4n) is 6.69. The largest absolute Gasteiger partial charge is 0.447 e. The quantitative estimate of drug-likeness (QED) is 0.158. The predicted molar refractivity (Wildman–Crippen MR) is 216 cm³/mol. The Kier molecular flexibility index (Phi) is 8.69. The molecule has 0 radical (unpaired) electrons. The number of aryl methyl sites for hydroxylation is 2. The second-order valence-electron chi connectivity index (χ2n) is 13.0. The zero-order chi connectivity index (χ0) is 36.4. The number of anilines is 2. The Bertz CT molecular complexity index is 2680. The van der Waals surface area contributed by atoms with Gasteiger partial charge in [0.1, 0.15) is 5.76 Å². The summed E-state index contributed by atoms with van der Waals surface area (Å²) in [7, 11) is 4.12. The molecule has 6 heterocycles. The first-order valence-corrected chi connectivity index (χ1v) is 18.2. The molecule has 54 heavy (non-hydrogen) atoms. The van der Waals surface area contributed by atoms with E-state index in [2.05, 4.69) is 142 Å². The van der Waals surface area contributed by atoms with Gasteiger partial charge in [0.25, 0.3) is 0 Å². The molecule has 0 amide bonds. The molecule has 0 aliphatic heterocycles. The fourth-order valence-corrected chi connectivity index (χ4v) is 7.23. The molecule has 12 heteroatoms. The summed E-state index contributed by atoms with van der Waals surface area (Å²) in [6.45, 7) is 1.29. The number of fused-ring (bicyclic) bond motifs is 4. The SMILES string of the molecule is Cn1ccc2ccc(-c3cc(NCc4cnco4)cc4nccnc34)cc21.Cn1ccc2ccc(-c3cc(NCc4cnsc4)cc4nccnc34)cc21. The van der Waals surface area contributed by atoms with Crippen LogP contribution < -0.4 is 10.6 Å². The van der Waals surface area contributed by atoms with E-state index in [0.29, 0.717) is 6.54 Å². The summed E-state index contributed by atoms with van der Waals surface area (Å²) in [4.78, 5) is 22.1. The molecular formula is C42H34N10OS. The second-order valence-corrected chi connectivity index (χ2v) is 13.7. The third-order valence-corrected chi connectivity index (χ3v) is 10.1. The zero-order valence-electron chi connectivity index (χ0n) is 29.5. The van der Waals surface area contributed by atoms with Crippen LogP contribution in [0, 0.1) is 0 Å². The molecule has 2 N–H and O–H groups in total. The minimum Gasteiger partial charge on any atom is -0.447 e. The molecular weight excluding hydrogens is 693 g/mol. The Morgan fingerprint density at radius 2 is 1.20 bits per heavy atom. The van der Waals surface area contributed by atoms with Crippen LogP contribution >= 0.6 is 11.5 Å². The van der Waals surface area contributed by atoms with Gasteiger partial charge in [0, 0.05) is 108 Å². The number of hydrogen-bond donors (Lipinski definition) is 2. The number of oxazole rings is 1. The third kappa shape index (κ3) is 6.61. The third-order valence-electron chi connectivity index (χ3n) is 9.48. The van der Waals surface area contributed by atoms with Gasteiger partial charge in [0.05, 0.1) is 34.8 Å². The molecule has 6 aromatic heterocycles. The van der Waals surface area contributed by atoms with Crippen LogP contribution in [0.25, 0.3) is 66.1 Å². The van der Waals surface area contributed by atoms with Crippen molar-refractivity contribution in [3.63, 3.8) is 0 Å². The van der Waals surface area contributed by atoms with Gasteiger partial charge in [-0.25, -0.2) is 9.36 Å². The van der Waals surface area contributed by atoms with Gasteiger partial charge in [0.15, 0.2) is 6.39 Å². The number of hydrogen-bond acceptors (Lipinski definition) is 10. The summed E-state index contributed by atoms with van der Waals surface area (Å²) >= 11 is 1.47. The normalized spacial score (nSPS) is 11.3. The second kappa shape index (κ2) is 14.2. The lowest BCUT2D eigenvalue weighted by Gasteiger charge is -2.11. The van der Waals surface area contributed by atoms with E-state index in [9.17, 15) is 0 Å². The van der Waals surface area contributed by atoms with E-state index in [1.807, 2.05) is 18.3 Å². The maximum atomic E-state index is 5.31. The summed E-state index contributed by atoms with van der Waals surface area (Å²) in [5.41, 5.74) is 13.4. The number of nitrogens with one attached hydrogen (secondary N) is 2. The Morgan fingerprint density at radius 3 is 1.74 bits per heavy atom. The van der Waals surface area contributed by atoms with Gasteiger partial charge in [0.2, 0.25) is 0 Å². The van der Waals surface area contributed by atoms with Crippen LogP contribution in [0.2, 0.25) is 0 Å². The summed E-state index contributed by atoms with van der Waals surface area (Å²) in [6.07, 6.45) is 16.1. The lowest BCUT2D eigenvalue weighted by atomic mass is 10.0. The number of rotatable bonds is 8. The van der Waals surface area contributed by atoms with Gasteiger partial charge in [-0.05, 0) is 82.0 Å². The summed E-state index contributed by atoms with van der Waals surface area (Å²) < 4.78 is 13.7. The molecule has 0 aliphatic carbocycles. The van der Waals surface area contributed by atoms with Crippen molar-refractivity contribution in [2.45, 2.75) is 13.1 Å². The molecule has 11 nitrogen and oxygen atoms in total. The van der Waals surface area contributed by atoms with E-state index in [1.54, 1.807) is 31.0 Å². The average Bonchev–Trinajstić information content (AvgIpc) is 4.06. The van der Waals surface area contributed by atoms with Crippen LogP contribution in [0.5, 0.6) is 0 Å². The van der Waals surface area contributed by atoms with Gasteiger partial charge in [-0.15, -0.1) is 0 Å². The Morgan fingerprint density at radius 1 is 0.630 bits per heavy atom. The minimum atomic E-state index is 0.558. The highest BCUT2D eigenvalue weighted by atomic mass is 32.1. The van der Waals surface area contributed by atoms with Gasteiger partial charge in [-0.3, -0.25) is 19.9 Å². The first-order chi connectivity index (χ1) is 26.6. The molecule has 0 spiro atoms. The maximum Gasteiger partial charge on any atom is 0.180 e. The van der Waals surface area contributed by atoms with Crippen molar-refractivity contribution in [1.82, 2.24) is 38.4 Å². The van der Waals surface area contributed by atoms with Gasteiger partial charge >= 0.3 is 0 Å². The van der Waals surface area contributed by atoms with E-state index in [0.717, 1.165) is 68.0 Å². The van der Waals surface area contributed by atoms with Crippen molar-refractivity contribution in [3.8, 4) is 22.3 Å². The van der Waals surface area contributed by atoms with Crippen LogP contribution in [0.15, 0.2) is 139 Å². The smallest absolute Gasteiger partial charge is 0.180 e. The Hall–Kier alpha value is -6.92. The van der Waals surface area contributed by atoms with Crippen molar-refractivity contribution < 1.29 is 4.42 Å².